The van der Waals surface area contributed by atoms with Gasteiger partial charge in [0.25, 0.3) is 5.91 Å². The number of nitrogens with one attached hydrogen (secondary N) is 1. The molecule has 0 radical (unpaired) electrons. The number of thiazole rings is 1. The molecule has 2 aromatic rings. The lowest BCUT2D eigenvalue weighted by Gasteiger charge is -2.07. The Bertz CT molecular complexity index is 652. The average molecular weight is 386 g/mol. The number of carbonyl (C=O) groups excluding carboxylic acids is 1. The molecule has 0 spiro atoms. The number of anilines is 1. The van der Waals surface area contributed by atoms with E-state index in [0.29, 0.717) is 45.1 Å². The minimum atomic E-state index is -0.219. The Morgan fingerprint density at radius 1 is 1.32 bits per heavy atom. The van der Waals surface area contributed by atoms with Crippen molar-refractivity contribution < 1.29 is 14.3 Å². The fourth-order valence-electron chi connectivity index (χ4n) is 2.04. The van der Waals surface area contributed by atoms with Gasteiger partial charge in [0.05, 0.1) is 24.8 Å². The lowest BCUT2D eigenvalue weighted by atomic mass is 10.2. The number of carbonyl (C=O) groups is 1. The molecule has 0 aliphatic rings. The molecule has 138 valence electrons. The molecule has 6 nitrogen and oxygen atoms in total. The Morgan fingerprint density at radius 2 is 2.12 bits per heavy atom. The van der Waals surface area contributed by atoms with Crippen molar-refractivity contribution in [2.75, 3.05) is 31.7 Å². The number of hydrogen-bond donors (Lipinski definition) is 2. The molecule has 0 bridgehead atoms. The van der Waals surface area contributed by atoms with Crippen LogP contribution in [0.15, 0.2) is 29.6 Å². The second kappa shape index (κ2) is 11.9. The molecule has 1 aromatic carbocycles. The molecule has 0 fully saturated rings. The van der Waals surface area contributed by atoms with E-state index < -0.39 is 0 Å². The van der Waals surface area contributed by atoms with E-state index in [-0.39, 0.29) is 18.3 Å². The van der Waals surface area contributed by atoms with Crippen LogP contribution in [0.2, 0.25) is 0 Å². The number of aromatic nitrogens is 1. The van der Waals surface area contributed by atoms with Crippen molar-refractivity contribution in [3.8, 4) is 0 Å². The Kier molecular flexibility index (Phi) is 10.3. The number of nitrogens with two attached hydrogens (primary N) is 1. The molecule has 25 heavy (non-hydrogen) atoms. The van der Waals surface area contributed by atoms with Crippen LogP contribution in [0.4, 0.5) is 5.69 Å². The van der Waals surface area contributed by atoms with Gasteiger partial charge < -0.3 is 20.5 Å². The predicted octanol–water partition coefficient (Wildman–Crippen LogP) is 2.87. The molecule has 0 aliphatic heterocycles. The van der Waals surface area contributed by atoms with Gasteiger partial charge in [0.15, 0.2) is 0 Å². The van der Waals surface area contributed by atoms with Crippen molar-refractivity contribution in [1.29, 1.82) is 0 Å². The minimum Gasteiger partial charge on any atom is -0.379 e. The molecule has 0 saturated heterocycles. The SMILES string of the molecule is CCOCCOCc1cccc(NC(=O)c2csc(CCN)n2)c1.Cl. The quantitative estimate of drug-likeness (QED) is 0.614. The second-order valence-corrected chi connectivity index (χ2v) is 6.01. The predicted molar refractivity (Wildman–Crippen MR) is 103 cm³/mol. The molecule has 3 N–H and O–H groups in total. The summed E-state index contributed by atoms with van der Waals surface area (Å²) in [4.78, 5) is 16.5. The van der Waals surface area contributed by atoms with Crippen molar-refractivity contribution in [2.24, 2.45) is 5.73 Å². The van der Waals surface area contributed by atoms with Gasteiger partial charge in [-0.25, -0.2) is 4.98 Å². The average Bonchev–Trinajstić information content (AvgIpc) is 3.04. The number of halogens is 1. The second-order valence-electron chi connectivity index (χ2n) is 5.07. The zero-order chi connectivity index (χ0) is 17.2. The number of ether oxygens (including phenoxy) is 2. The van der Waals surface area contributed by atoms with Crippen molar-refractivity contribution in [3.63, 3.8) is 0 Å². The third kappa shape index (κ3) is 7.50. The van der Waals surface area contributed by atoms with E-state index in [0.717, 1.165) is 16.3 Å². The number of amides is 1. The van der Waals surface area contributed by atoms with E-state index in [4.69, 9.17) is 15.2 Å². The lowest BCUT2D eigenvalue weighted by Crippen LogP contribution is -2.13. The molecule has 0 aliphatic carbocycles. The van der Waals surface area contributed by atoms with Crippen LogP contribution in [-0.4, -0.2) is 37.3 Å². The largest absolute Gasteiger partial charge is 0.379 e. The highest BCUT2D eigenvalue weighted by Crippen LogP contribution is 2.15. The van der Waals surface area contributed by atoms with Crippen LogP contribution in [0.3, 0.4) is 0 Å². The van der Waals surface area contributed by atoms with Crippen LogP contribution >= 0.6 is 23.7 Å². The summed E-state index contributed by atoms with van der Waals surface area (Å²) in [6.45, 7) is 4.78. The van der Waals surface area contributed by atoms with E-state index in [9.17, 15) is 4.79 Å². The molecule has 1 aromatic heterocycles. The van der Waals surface area contributed by atoms with Crippen molar-refractivity contribution in [1.82, 2.24) is 4.98 Å². The van der Waals surface area contributed by atoms with Crippen LogP contribution in [-0.2, 0) is 22.5 Å². The molecular weight excluding hydrogens is 362 g/mol. The first-order chi connectivity index (χ1) is 11.7. The molecule has 1 amide bonds. The summed E-state index contributed by atoms with van der Waals surface area (Å²) >= 11 is 1.45. The third-order valence-electron chi connectivity index (χ3n) is 3.17. The van der Waals surface area contributed by atoms with Gasteiger partial charge in [-0.3, -0.25) is 4.79 Å². The Morgan fingerprint density at radius 3 is 2.88 bits per heavy atom. The van der Waals surface area contributed by atoms with E-state index in [1.54, 1.807) is 5.38 Å². The lowest BCUT2D eigenvalue weighted by molar-refractivity contribution is 0.0453. The van der Waals surface area contributed by atoms with Crippen LogP contribution in [0.25, 0.3) is 0 Å². The van der Waals surface area contributed by atoms with Crippen LogP contribution in [0, 0.1) is 0 Å². The Labute approximate surface area is 158 Å². The standard InChI is InChI=1S/C17H23N3O3S.ClH/c1-2-22-8-9-23-11-13-4-3-5-14(10-13)19-17(21)15-12-24-16(20-15)6-7-18;/h3-5,10,12H,2,6-9,11,18H2,1H3,(H,19,21);1H. The van der Waals surface area contributed by atoms with Gasteiger partial charge in [0.1, 0.15) is 5.69 Å². The molecule has 0 atom stereocenters. The number of nitrogens with zero attached hydrogens (tertiary/aromatic N) is 1. The summed E-state index contributed by atoms with van der Waals surface area (Å²) in [6, 6.07) is 7.58. The normalized spacial score (nSPS) is 10.3. The Hall–Kier alpha value is -1.51. The summed E-state index contributed by atoms with van der Waals surface area (Å²) in [5.74, 6) is -0.219. The summed E-state index contributed by atoms with van der Waals surface area (Å²) in [6.07, 6.45) is 0.687. The van der Waals surface area contributed by atoms with Crippen LogP contribution < -0.4 is 11.1 Å². The highest BCUT2D eigenvalue weighted by molar-refractivity contribution is 7.09. The maximum atomic E-state index is 12.2. The number of hydrogen-bond acceptors (Lipinski definition) is 6. The zero-order valence-corrected chi connectivity index (χ0v) is 15.8. The molecule has 0 saturated carbocycles. The summed E-state index contributed by atoms with van der Waals surface area (Å²) in [7, 11) is 0. The fourth-order valence-corrected chi connectivity index (χ4v) is 2.83. The van der Waals surface area contributed by atoms with Gasteiger partial charge in [-0.15, -0.1) is 23.7 Å². The zero-order valence-electron chi connectivity index (χ0n) is 14.2. The van der Waals surface area contributed by atoms with Crippen LogP contribution in [0.5, 0.6) is 0 Å². The van der Waals surface area contributed by atoms with Crippen molar-refractivity contribution in [2.45, 2.75) is 20.0 Å². The molecule has 8 heteroatoms. The highest BCUT2D eigenvalue weighted by atomic mass is 35.5. The summed E-state index contributed by atoms with van der Waals surface area (Å²) in [5, 5.41) is 5.48. The van der Waals surface area contributed by atoms with Crippen molar-refractivity contribution >= 4 is 35.3 Å². The number of benzene rings is 1. The van der Waals surface area contributed by atoms with Crippen LogP contribution in [0.1, 0.15) is 28.0 Å². The van der Waals surface area contributed by atoms with E-state index in [2.05, 4.69) is 10.3 Å². The van der Waals surface area contributed by atoms with E-state index >= 15 is 0 Å². The fraction of sp³-hybridized carbons (Fsp3) is 0.412. The van der Waals surface area contributed by atoms with Gasteiger partial charge in [-0.2, -0.15) is 0 Å². The topological polar surface area (TPSA) is 86.5 Å². The summed E-state index contributed by atoms with van der Waals surface area (Å²) < 4.78 is 10.8. The van der Waals surface area contributed by atoms with Gasteiger partial charge in [0.2, 0.25) is 0 Å². The molecule has 2 rings (SSSR count). The van der Waals surface area contributed by atoms with Gasteiger partial charge in [-0.1, -0.05) is 12.1 Å². The number of rotatable bonds is 10. The first-order valence-electron chi connectivity index (χ1n) is 7.93. The first-order valence-corrected chi connectivity index (χ1v) is 8.81. The summed E-state index contributed by atoms with van der Waals surface area (Å²) in [5.41, 5.74) is 7.63. The van der Waals surface area contributed by atoms with Gasteiger partial charge in [-0.05, 0) is 31.2 Å². The Balaban J connectivity index is 0.00000312. The van der Waals surface area contributed by atoms with Gasteiger partial charge in [0, 0.05) is 24.1 Å². The molecule has 1 heterocycles. The monoisotopic (exact) mass is 385 g/mol. The van der Waals surface area contributed by atoms with Crippen molar-refractivity contribution in [3.05, 3.63) is 45.9 Å². The maximum Gasteiger partial charge on any atom is 0.275 e. The third-order valence-corrected chi connectivity index (χ3v) is 4.08. The highest BCUT2D eigenvalue weighted by Gasteiger charge is 2.11. The molecular formula is C17H24ClN3O3S. The maximum absolute atomic E-state index is 12.2. The first kappa shape index (κ1) is 21.5. The van der Waals surface area contributed by atoms with E-state index in [1.165, 1.54) is 11.3 Å². The minimum absolute atomic E-state index is 0. The molecule has 0 unspecified atom stereocenters. The van der Waals surface area contributed by atoms with E-state index in [1.807, 2.05) is 31.2 Å². The van der Waals surface area contributed by atoms with Gasteiger partial charge >= 0.3 is 0 Å². The smallest absolute Gasteiger partial charge is 0.275 e.